The third-order valence-corrected chi connectivity index (χ3v) is 2.88. The van der Waals surface area contributed by atoms with Gasteiger partial charge in [0.2, 0.25) is 0 Å². The number of aromatic nitrogens is 2. The minimum atomic E-state index is 0.442. The Bertz CT molecular complexity index is 517. The summed E-state index contributed by atoms with van der Waals surface area (Å²) in [6, 6.07) is 7.76. The average Bonchev–Trinajstić information content (AvgIpc) is 2.53. The van der Waals surface area contributed by atoms with Crippen molar-refractivity contribution in [3.63, 3.8) is 0 Å². The molecule has 0 saturated carbocycles. The molecule has 2 aromatic rings. The highest BCUT2D eigenvalue weighted by Crippen LogP contribution is 2.26. The molecule has 84 valence electrons. The molecule has 0 aliphatic heterocycles. The first-order valence-electron chi connectivity index (χ1n) is 5.11. The van der Waals surface area contributed by atoms with E-state index in [2.05, 4.69) is 4.98 Å². The standard InChI is InChI=1S/C12H14ClN3/c1-8-12(16(2)11(7-14)15-8)9-4-3-5-10(13)6-9/h3-6H,7,14H2,1-2H3. The summed E-state index contributed by atoms with van der Waals surface area (Å²) in [4.78, 5) is 4.43. The Balaban J connectivity index is 2.60. The zero-order chi connectivity index (χ0) is 11.7. The van der Waals surface area contributed by atoms with Crippen LogP contribution in [0.1, 0.15) is 11.5 Å². The van der Waals surface area contributed by atoms with E-state index in [1.165, 1.54) is 0 Å². The number of halogens is 1. The van der Waals surface area contributed by atoms with E-state index < -0.39 is 0 Å². The number of imidazole rings is 1. The van der Waals surface area contributed by atoms with Gasteiger partial charge in [-0.3, -0.25) is 0 Å². The van der Waals surface area contributed by atoms with Crippen LogP contribution in [0.4, 0.5) is 0 Å². The van der Waals surface area contributed by atoms with Gasteiger partial charge in [-0.2, -0.15) is 0 Å². The maximum Gasteiger partial charge on any atom is 0.122 e. The predicted octanol–water partition coefficient (Wildman–Crippen LogP) is 2.51. The fourth-order valence-corrected chi connectivity index (χ4v) is 2.10. The maximum absolute atomic E-state index is 5.99. The van der Waals surface area contributed by atoms with E-state index in [1.54, 1.807) is 0 Å². The Hall–Kier alpha value is -1.32. The second-order valence-corrected chi connectivity index (χ2v) is 4.17. The van der Waals surface area contributed by atoms with Gasteiger partial charge in [-0.15, -0.1) is 0 Å². The Morgan fingerprint density at radius 2 is 2.19 bits per heavy atom. The Morgan fingerprint density at radius 3 is 2.75 bits per heavy atom. The molecule has 1 aromatic heterocycles. The third kappa shape index (κ3) is 1.84. The highest BCUT2D eigenvalue weighted by molar-refractivity contribution is 6.30. The summed E-state index contributed by atoms with van der Waals surface area (Å²) >= 11 is 5.99. The van der Waals surface area contributed by atoms with Gasteiger partial charge in [0.15, 0.2) is 0 Å². The van der Waals surface area contributed by atoms with Crippen LogP contribution in [0.25, 0.3) is 11.3 Å². The number of benzene rings is 1. The quantitative estimate of drug-likeness (QED) is 0.869. The lowest BCUT2D eigenvalue weighted by atomic mass is 10.1. The van der Waals surface area contributed by atoms with Gasteiger partial charge in [0, 0.05) is 17.6 Å². The average molecular weight is 236 g/mol. The topological polar surface area (TPSA) is 43.8 Å². The fourth-order valence-electron chi connectivity index (χ4n) is 1.91. The Kier molecular flexibility index (Phi) is 2.99. The number of nitrogens with two attached hydrogens (primary N) is 1. The van der Waals surface area contributed by atoms with Gasteiger partial charge in [-0.05, 0) is 19.1 Å². The first-order chi connectivity index (χ1) is 7.63. The third-order valence-electron chi connectivity index (χ3n) is 2.64. The van der Waals surface area contributed by atoms with Crippen molar-refractivity contribution in [3.05, 3.63) is 40.8 Å². The van der Waals surface area contributed by atoms with Crippen molar-refractivity contribution in [2.75, 3.05) is 0 Å². The second-order valence-electron chi connectivity index (χ2n) is 3.74. The molecule has 0 radical (unpaired) electrons. The van der Waals surface area contributed by atoms with Crippen LogP contribution in [0, 0.1) is 6.92 Å². The van der Waals surface area contributed by atoms with Gasteiger partial charge in [-0.1, -0.05) is 23.7 Å². The zero-order valence-corrected chi connectivity index (χ0v) is 10.1. The van der Waals surface area contributed by atoms with Crippen LogP contribution in [-0.4, -0.2) is 9.55 Å². The lowest BCUT2D eigenvalue weighted by molar-refractivity contribution is 0.798. The Morgan fingerprint density at radius 1 is 1.44 bits per heavy atom. The van der Waals surface area contributed by atoms with Crippen LogP contribution >= 0.6 is 11.6 Å². The van der Waals surface area contributed by atoms with Gasteiger partial charge in [0.25, 0.3) is 0 Å². The molecule has 2 N–H and O–H groups in total. The van der Waals surface area contributed by atoms with E-state index in [0.717, 1.165) is 27.8 Å². The van der Waals surface area contributed by atoms with Gasteiger partial charge >= 0.3 is 0 Å². The lowest BCUT2D eigenvalue weighted by Gasteiger charge is -2.06. The molecule has 2 rings (SSSR count). The lowest BCUT2D eigenvalue weighted by Crippen LogP contribution is -2.05. The smallest absolute Gasteiger partial charge is 0.122 e. The highest BCUT2D eigenvalue weighted by Gasteiger charge is 2.12. The van der Waals surface area contributed by atoms with Crippen LogP contribution in [0.3, 0.4) is 0 Å². The van der Waals surface area contributed by atoms with E-state index in [1.807, 2.05) is 42.8 Å². The van der Waals surface area contributed by atoms with Crippen LogP contribution in [0.15, 0.2) is 24.3 Å². The first kappa shape index (κ1) is 11.2. The number of hydrogen-bond donors (Lipinski definition) is 1. The maximum atomic E-state index is 5.99. The summed E-state index contributed by atoms with van der Waals surface area (Å²) in [5.41, 5.74) is 8.75. The van der Waals surface area contributed by atoms with Crippen LogP contribution in [0.5, 0.6) is 0 Å². The molecule has 1 heterocycles. The molecular weight excluding hydrogens is 222 g/mol. The Labute approximate surface area is 99.9 Å². The molecule has 0 bridgehead atoms. The van der Waals surface area contributed by atoms with Crippen molar-refractivity contribution in [3.8, 4) is 11.3 Å². The number of aryl methyl sites for hydroxylation is 1. The van der Waals surface area contributed by atoms with Gasteiger partial charge < -0.3 is 10.3 Å². The summed E-state index contributed by atoms with van der Waals surface area (Å²) in [7, 11) is 1.97. The summed E-state index contributed by atoms with van der Waals surface area (Å²) in [5, 5.41) is 0.729. The molecule has 0 saturated heterocycles. The number of rotatable bonds is 2. The van der Waals surface area contributed by atoms with E-state index in [9.17, 15) is 0 Å². The molecule has 0 aliphatic carbocycles. The molecular formula is C12H14ClN3. The molecule has 0 spiro atoms. The summed E-state index contributed by atoms with van der Waals surface area (Å²) in [6.07, 6.45) is 0. The van der Waals surface area contributed by atoms with E-state index in [4.69, 9.17) is 17.3 Å². The van der Waals surface area contributed by atoms with Crippen molar-refractivity contribution in [1.29, 1.82) is 0 Å². The molecule has 0 atom stereocenters. The normalized spacial score (nSPS) is 10.8. The molecule has 0 amide bonds. The van der Waals surface area contributed by atoms with Crippen LogP contribution in [-0.2, 0) is 13.6 Å². The minimum Gasteiger partial charge on any atom is -0.330 e. The molecule has 0 aliphatic rings. The highest BCUT2D eigenvalue weighted by atomic mass is 35.5. The first-order valence-corrected chi connectivity index (χ1v) is 5.49. The number of hydrogen-bond acceptors (Lipinski definition) is 2. The molecule has 3 nitrogen and oxygen atoms in total. The van der Waals surface area contributed by atoms with Crippen molar-refractivity contribution in [2.45, 2.75) is 13.5 Å². The van der Waals surface area contributed by atoms with Crippen molar-refractivity contribution < 1.29 is 0 Å². The molecule has 16 heavy (non-hydrogen) atoms. The van der Waals surface area contributed by atoms with E-state index >= 15 is 0 Å². The molecule has 0 unspecified atom stereocenters. The summed E-state index contributed by atoms with van der Waals surface area (Å²) in [5.74, 6) is 0.882. The summed E-state index contributed by atoms with van der Waals surface area (Å²) < 4.78 is 2.01. The molecule has 0 fully saturated rings. The summed E-state index contributed by atoms with van der Waals surface area (Å²) in [6.45, 7) is 2.42. The second kappa shape index (κ2) is 4.28. The van der Waals surface area contributed by atoms with E-state index in [0.29, 0.717) is 6.54 Å². The minimum absolute atomic E-state index is 0.442. The van der Waals surface area contributed by atoms with Crippen molar-refractivity contribution in [1.82, 2.24) is 9.55 Å². The fraction of sp³-hybridized carbons (Fsp3) is 0.250. The van der Waals surface area contributed by atoms with Gasteiger partial charge in [-0.25, -0.2) is 4.98 Å². The van der Waals surface area contributed by atoms with Crippen LogP contribution in [0.2, 0.25) is 5.02 Å². The molecule has 1 aromatic carbocycles. The van der Waals surface area contributed by atoms with Crippen molar-refractivity contribution >= 4 is 11.6 Å². The monoisotopic (exact) mass is 235 g/mol. The van der Waals surface area contributed by atoms with Gasteiger partial charge in [0.05, 0.1) is 17.9 Å². The van der Waals surface area contributed by atoms with Crippen LogP contribution < -0.4 is 5.73 Å². The number of nitrogens with zero attached hydrogens (tertiary/aromatic N) is 2. The van der Waals surface area contributed by atoms with E-state index in [-0.39, 0.29) is 0 Å². The van der Waals surface area contributed by atoms with Crippen molar-refractivity contribution in [2.24, 2.45) is 12.8 Å². The SMILES string of the molecule is Cc1nc(CN)n(C)c1-c1cccc(Cl)c1. The molecule has 4 heteroatoms. The van der Waals surface area contributed by atoms with Gasteiger partial charge in [0.1, 0.15) is 5.82 Å². The zero-order valence-electron chi connectivity index (χ0n) is 9.37. The predicted molar refractivity (Wildman–Crippen MR) is 66.3 cm³/mol. The largest absolute Gasteiger partial charge is 0.330 e.